The van der Waals surface area contributed by atoms with Gasteiger partial charge in [0, 0.05) is 54.5 Å². The molecule has 5 nitrogen and oxygen atoms in total. The van der Waals surface area contributed by atoms with Crippen molar-refractivity contribution < 1.29 is 13.5 Å². The van der Waals surface area contributed by atoms with E-state index in [9.17, 15) is 8.78 Å². The maximum absolute atomic E-state index is 14.0. The molecule has 1 aliphatic heterocycles. The van der Waals surface area contributed by atoms with Gasteiger partial charge in [0.05, 0.1) is 6.04 Å². The van der Waals surface area contributed by atoms with Crippen molar-refractivity contribution in [1.82, 2.24) is 19.7 Å². The lowest BCUT2D eigenvalue weighted by Gasteiger charge is -2.09. The second-order valence-corrected chi connectivity index (χ2v) is 8.63. The first kappa shape index (κ1) is 24.0. The Morgan fingerprint density at radius 3 is 2.32 bits per heavy atom. The fourth-order valence-electron chi connectivity index (χ4n) is 3.73. The first-order valence-corrected chi connectivity index (χ1v) is 11.8. The highest BCUT2D eigenvalue weighted by Crippen LogP contribution is 2.33. The normalized spacial score (nSPS) is 15.2. The van der Waals surface area contributed by atoms with Crippen LogP contribution in [0.1, 0.15) is 49.4 Å². The topological polar surface area (TPSA) is 52.8 Å². The summed E-state index contributed by atoms with van der Waals surface area (Å²) >= 11 is 0. The molecule has 1 saturated carbocycles. The second-order valence-electron chi connectivity index (χ2n) is 8.63. The van der Waals surface area contributed by atoms with Crippen LogP contribution in [0.25, 0.3) is 22.2 Å². The number of rotatable bonds is 2. The van der Waals surface area contributed by atoms with E-state index < -0.39 is 11.6 Å². The van der Waals surface area contributed by atoms with E-state index in [1.54, 1.807) is 12.3 Å². The Morgan fingerprint density at radius 1 is 0.941 bits per heavy atom. The molecule has 4 aromatic rings. The zero-order valence-corrected chi connectivity index (χ0v) is 19.7. The van der Waals surface area contributed by atoms with Gasteiger partial charge in [-0.25, -0.2) is 18.7 Å². The third-order valence-corrected chi connectivity index (χ3v) is 5.92. The average molecular weight is 465 g/mol. The average Bonchev–Trinajstić information content (AvgIpc) is 3.55. The number of benzene rings is 1. The van der Waals surface area contributed by atoms with Gasteiger partial charge in [-0.3, -0.25) is 4.68 Å². The summed E-state index contributed by atoms with van der Waals surface area (Å²) in [6, 6.07) is 9.94. The van der Waals surface area contributed by atoms with Crippen LogP contribution >= 0.6 is 0 Å². The molecule has 3 aromatic heterocycles. The lowest BCUT2D eigenvalue weighted by Crippen LogP contribution is -2.03. The third kappa shape index (κ3) is 6.23. The predicted octanol–water partition coefficient (Wildman–Crippen LogP) is 6.60. The molecule has 0 N–H and O–H groups in total. The fraction of sp³-hybridized carbons (Fsp3) is 0.370. The zero-order valence-electron chi connectivity index (χ0n) is 19.7. The summed E-state index contributed by atoms with van der Waals surface area (Å²) in [6.45, 7) is 5.85. The lowest BCUT2D eigenvalue weighted by atomic mass is 10.0. The van der Waals surface area contributed by atoms with Crippen LogP contribution in [0.3, 0.4) is 0 Å². The van der Waals surface area contributed by atoms with Crippen LogP contribution in [0.2, 0.25) is 0 Å². The molecule has 178 valence electrons. The van der Waals surface area contributed by atoms with Gasteiger partial charge in [-0.2, -0.15) is 5.10 Å². The first-order valence-electron chi connectivity index (χ1n) is 11.8. The lowest BCUT2D eigenvalue weighted by molar-refractivity contribution is 0.0968. The molecular weight excluding hydrogens is 434 g/mol. The maximum Gasteiger partial charge on any atom is 0.159 e. The molecule has 7 heteroatoms. The summed E-state index contributed by atoms with van der Waals surface area (Å²) in [5, 5.41) is 4.86. The molecule has 4 heterocycles. The molecule has 0 unspecified atom stereocenters. The molecule has 0 bridgehead atoms. The molecule has 0 spiro atoms. The SMILES string of the molecule is C1CCOCC1.Cc1cc2c(-c3ccc(F)cc3F)ccnc2nc1C.c1cnn(C2CC2)c1. The summed E-state index contributed by atoms with van der Waals surface area (Å²) in [5.41, 5.74) is 3.48. The van der Waals surface area contributed by atoms with E-state index in [-0.39, 0.29) is 0 Å². The molecule has 0 radical (unpaired) electrons. The van der Waals surface area contributed by atoms with Crippen LogP contribution in [-0.4, -0.2) is 33.0 Å². The van der Waals surface area contributed by atoms with Crippen molar-refractivity contribution in [2.24, 2.45) is 0 Å². The van der Waals surface area contributed by atoms with Crippen molar-refractivity contribution in [1.29, 1.82) is 0 Å². The zero-order chi connectivity index (χ0) is 23.9. The smallest absolute Gasteiger partial charge is 0.159 e. The molecule has 0 amide bonds. The van der Waals surface area contributed by atoms with E-state index in [1.807, 2.05) is 43.1 Å². The number of nitrogens with zero attached hydrogens (tertiary/aromatic N) is 4. The summed E-state index contributed by atoms with van der Waals surface area (Å²) in [7, 11) is 0. The fourth-order valence-corrected chi connectivity index (χ4v) is 3.73. The van der Waals surface area contributed by atoms with E-state index in [4.69, 9.17) is 4.74 Å². The molecule has 0 atom stereocenters. The molecule has 6 rings (SSSR count). The van der Waals surface area contributed by atoms with Crippen LogP contribution < -0.4 is 0 Å². The van der Waals surface area contributed by atoms with E-state index in [0.717, 1.165) is 42.0 Å². The third-order valence-electron chi connectivity index (χ3n) is 5.92. The summed E-state index contributed by atoms with van der Waals surface area (Å²) in [6.07, 6.45) is 12.0. The molecule has 1 aliphatic carbocycles. The van der Waals surface area contributed by atoms with Gasteiger partial charge in [0.25, 0.3) is 0 Å². The number of hydrogen-bond donors (Lipinski definition) is 0. The Morgan fingerprint density at radius 2 is 1.74 bits per heavy atom. The van der Waals surface area contributed by atoms with Crippen molar-refractivity contribution >= 4 is 11.0 Å². The number of hydrogen-bond acceptors (Lipinski definition) is 4. The van der Waals surface area contributed by atoms with Gasteiger partial charge in [0.15, 0.2) is 5.65 Å². The molecule has 2 aliphatic rings. The second kappa shape index (κ2) is 11.3. The Bertz CT molecular complexity index is 1210. The van der Waals surface area contributed by atoms with E-state index >= 15 is 0 Å². The quantitative estimate of drug-likeness (QED) is 0.336. The number of pyridine rings is 2. The number of aryl methyl sites for hydroxylation is 2. The summed E-state index contributed by atoms with van der Waals surface area (Å²) in [5.74, 6) is -1.18. The maximum atomic E-state index is 14.0. The van der Waals surface area contributed by atoms with Crippen molar-refractivity contribution in [3.05, 3.63) is 77.9 Å². The van der Waals surface area contributed by atoms with Crippen LogP contribution in [0, 0.1) is 25.5 Å². The summed E-state index contributed by atoms with van der Waals surface area (Å²) in [4.78, 5) is 8.61. The molecule has 2 fully saturated rings. The minimum atomic E-state index is -0.588. The minimum absolute atomic E-state index is 0.351. The van der Waals surface area contributed by atoms with Crippen molar-refractivity contribution in [2.75, 3.05) is 13.2 Å². The van der Waals surface area contributed by atoms with Gasteiger partial charge in [-0.1, -0.05) is 0 Å². The number of fused-ring (bicyclic) bond motifs is 1. The van der Waals surface area contributed by atoms with Gasteiger partial charge >= 0.3 is 0 Å². The van der Waals surface area contributed by atoms with Gasteiger partial charge in [-0.05, 0) is 87.4 Å². The molecular formula is C27H30F2N4O. The standard InChI is InChI=1S/C16H12F2N2.C6H8N2.C5H10O/c1-9-7-14-12(5-6-19-16(14)20-10(9)2)13-4-3-11(17)8-15(13)18;1-4-7-8(5-1)6-2-3-6;1-2-4-6-5-3-1/h3-8H,1-2H3;1,4-6H,2-3H2;1-5H2. The highest BCUT2D eigenvalue weighted by molar-refractivity contribution is 5.93. The van der Waals surface area contributed by atoms with Crippen LogP contribution in [0.5, 0.6) is 0 Å². The first-order chi connectivity index (χ1) is 16.5. The molecule has 34 heavy (non-hydrogen) atoms. The Labute approximate surface area is 198 Å². The largest absolute Gasteiger partial charge is 0.381 e. The summed E-state index contributed by atoms with van der Waals surface area (Å²) < 4.78 is 34.1. The van der Waals surface area contributed by atoms with Gasteiger partial charge in [-0.15, -0.1) is 0 Å². The van der Waals surface area contributed by atoms with Crippen molar-refractivity contribution in [2.45, 2.75) is 52.0 Å². The van der Waals surface area contributed by atoms with Crippen LogP contribution in [-0.2, 0) is 4.74 Å². The van der Waals surface area contributed by atoms with E-state index in [1.165, 1.54) is 44.2 Å². The van der Waals surface area contributed by atoms with Gasteiger partial charge in [0.2, 0.25) is 0 Å². The Balaban J connectivity index is 0.000000158. The highest BCUT2D eigenvalue weighted by Gasteiger charge is 2.22. The highest BCUT2D eigenvalue weighted by atomic mass is 19.1. The number of ether oxygens (including phenoxy) is 1. The Kier molecular flexibility index (Phi) is 7.95. The van der Waals surface area contributed by atoms with E-state index in [2.05, 4.69) is 15.1 Å². The molecule has 1 saturated heterocycles. The Hall–Kier alpha value is -3.19. The van der Waals surface area contributed by atoms with Crippen LogP contribution in [0.15, 0.2) is 55.0 Å². The predicted molar refractivity (Wildman–Crippen MR) is 130 cm³/mol. The van der Waals surface area contributed by atoms with Gasteiger partial charge < -0.3 is 4.74 Å². The monoisotopic (exact) mass is 464 g/mol. The van der Waals surface area contributed by atoms with Crippen LogP contribution in [0.4, 0.5) is 8.78 Å². The van der Waals surface area contributed by atoms with E-state index in [0.29, 0.717) is 16.8 Å². The minimum Gasteiger partial charge on any atom is -0.381 e. The molecule has 1 aromatic carbocycles. The number of halogens is 2. The van der Waals surface area contributed by atoms with Gasteiger partial charge in [0.1, 0.15) is 11.6 Å². The number of aromatic nitrogens is 4. The van der Waals surface area contributed by atoms with Crippen molar-refractivity contribution in [3.63, 3.8) is 0 Å². The van der Waals surface area contributed by atoms with Crippen molar-refractivity contribution in [3.8, 4) is 11.1 Å².